The van der Waals surface area contributed by atoms with Crippen LogP contribution in [-0.2, 0) is 6.54 Å². The molecule has 0 N–H and O–H groups in total. The molecule has 4 nitrogen and oxygen atoms in total. The van der Waals surface area contributed by atoms with Gasteiger partial charge in [-0.15, -0.1) is 11.3 Å². The monoisotopic (exact) mass is 337 g/mol. The molecular formula is C15H13ClFN3OS. The number of halogens is 2. The van der Waals surface area contributed by atoms with Crippen molar-refractivity contribution in [3.05, 3.63) is 62.7 Å². The van der Waals surface area contributed by atoms with Crippen molar-refractivity contribution in [3.8, 4) is 0 Å². The Morgan fingerprint density at radius 2 is 2.09 bits per heavy atom. The molecule has 1 aromatic carbocycles. The van der Waals surface area contributed by atoms with E-state index in [9.17, 15) is 9.18 Å². The van der Waals surface area contributed by atoms with Crippen molar-refractivity contribution in [3.63, 3.8) is 0 Å². The van der Waals surface area contributed by atoms with Crippen LogP contribution >= 0.6 is 22.9 Å². The number of aromatic nitrogens is 2. The Hall–Kier alpha value is -1.92. The summed E-state index contributed by atoms with van der Waals surface area (Å²) in [6.45, 7) is 3.19. The van der Waals surface area contributed by atoms with Crippen LogP contribution in [0.3, 0.4) is 0 Å². The Balaban J connectivity index is 1.93. The standard InChI is InChI=1S/C15H13ClFN3OS/c1-2-19(12-5-3-10(17)4-6-12)8-11-7-14(21)20-13(16)9-22-15(20)18-11/h3-7,9H,2,8H2,1H3. The Labute approximate surface area is 135 Å². The quantitative estimate of drug-likeness (QED) is 0.730. The van der Waals surface area contributed by atoms with Gasteiger partial charge in [0.2, 0.25) is 0 Å². The highest BCUT2D eigenvalue weighted by molar-refractivity contribution is 7.15. The minimum Gasteiger partial charge on any atom is -0.366 e. The van der Waals surface area contributed by atoms with Crippen LogP contribution in [0.1, 0.15) is 12.6 Å². The lowest BCUT2D eigenvalue weighted by molar-refractivity contribution is 0.627. The Morgan fingerprint density at radius 3 is 2.77 bits per heavy atom. The van der Waals surface area contributed by atoms with Gasteiger partial charge in [0, 0.05) is 23.7 Å². The minimum atomic E-state index is -0.272. The first-order valence-electron chi connectivity index (χ1n) is 6.74. The molecule has 0 radical (unpaired) electrons. The zero-order valence-corrected chi connectivity index (χ0v) is 13.4. The second-order valence-corrected chi connectivity index (χ2v) is 5.98. The van der Waals surface area contributed by atoms with Gasteiger partial charge in [0.15, 0.2) is 4.96 Å². The highest BCUT2D eigenvalue weighted by atomic mass is 35.5. The summed E-state index contributed by atoms with van der Waals surface area (Å²) in [5.74, 6) is -0.272. The van der Waals surface area contributed by atoms with Crippen LogP contribution in [0.4, 0.5) is 10.1 Å². The van der Waals surface area contributed by atoms with Gasteiger partial charge in [-0.3, -0.25) is 4.79 Å². The zero-order valence-electron chi connectivity index (χ0n) is 11.8. The van der Waals surface area contributed by atoms with Crippen molar-refractivity contribution in [1.82, 2.24) is 9.38 Å². The third kappa shape index (κ3) is 2.84. The number of thiazole rings is 1. The van der Waals surface area contributed by atoms with E-state index in [1.807, 2.05) is 11.8 Å². The number of nitrogens with zero attached hydrogens (tertiary/aromatic N) is 3. The van der Waals surface area contributed by atoms with Crippen LogP contribution < -0.4 is 10.5 Å². The summed E-state index contributed by atoms with van der Waals surface area (Å²) < 4.78 is 14.4. The fourth-order valence-corrected chi connectivity index (χ4v) is 3.37. The van der Waals surface area contributed by atoms with Crippen LogP contribution in [0.5, 0.6) is 0 Å². The molecule has 0 fully saturated rings. The molecule has 2 aromatic heterocycles. The van der Waals surface area contributed by atoms with E-state index in [4.69, 9.17) is 11.6 Å². The van der Waals surface area contributed by atoms with Gasteiger partial charge < -0.3 is 4.90 Å². The first-order chi connectivity index (χ1) is 10.6. The number of fused-ring (bicyclic) bond motifs is 1. The van der Waals surface area contributed by atoms with Crippen LogP contribution in [0.25, 0.3) is 4.96 Å². The highest BCUT2D eigenvalue weighted by Gasteiger charge is 2.11. The molecule has 114 valence electrons. The van der Waals surface area contributed by atoms with Gasteiger partial charge in [-0.2, -0.15) is 0 Å². The van der Waals surface area contributed by atoms with E-state index in [-0.39, 0.29) is 11.4 Å². The van der Waals surface area contributed by atoms with Gasteiger partial charge in [0.05, 0.1) is 12.2 Å². The number of anilines is 1. The van der Waals surface area contributed by atoms with E-state index < -0.39 is 0 Å². The molecule has 0 saturated carbocycles. The molecule has 0 saturated heterocycles. The Morgan fingerprint density at radius 1 is 1.36 bits per heavy atom. The smallest absolute Gasteiger partial charge is 0.260 e. The Kier molecular flexibility index (Phi) is 4.13. The predicted molar refractivity (Wildman–Crippen MR) is 87.5 cm³/mol. The number of hydrogen-bond acceptors (Lipinski definition) is 4. The molecule has 0 aliphatic carbocycles. The van der Waals surface area contributed by atoms with Gasteiger partial charge in [-0.05, 0) is 31.2 Å². The summed E-state index contributed by atoms with van der Waals surface area (Å²) in [4.78, 5) is 19.2. The van der Waals surface area contributed by atoms with E-state index in [1.54, 1.807) is 17.5 Å². The topological polar surface area (TPSA) is 37.6 Å². The van der Waals surface area contributed by atoms with Crippen LogP contribution in [0, 0.1) is 5.82 Å². The van der Waals surface area contributed by atoms with Crippen LogP contribution in [-0.4, -0.2) is 15.9 Å². The summed E-state index contributed by atoms with van der Waals surface area (Å²) in [6.07, 6.45) is 0. The van der Waals surface area contributed by atoms with Gasteiger partial charge in [0.1, 0.15) is 11.0 Å². The molecule has 3 aromatic rings. The average Bonchev–Trinajstić information content (AvgIpc) is 2.87. The molecule has 0 aliphatic heterocycles. The molecule has 0 bridgehead atoms. The van der Waals surface area contributed by atoms with E-state index in [0.717, 1.165) is 12.2 Å². The Bertz CT molecular complexity index is 859. The molecule has 0 spiro atoms. The minimum absolute atomic E-state index is 0.193. The summed E-state index contributed by atoms with van der Waals surface area (Å²) in [5, 5.41) is 2.06. The van der Waals surface area contributed by atoms with Gasteiger partial charge in [-0.1, -0.05) is 11.6 Å². The van der Waals surface area contributed by atoms with Crippen molar-refractivity contribution in [1.29, 1.82) is 0 Å². The van der Waals surface area contributed by atoms with Gasteiger partial charge in [0.25, 0.3) is 5.56 Å². The molecule has 7 heteroatoms. The largest absolute Gasteiger partial charge is 0.366 e. The fourth-order valence-electron chi connectivity index (χ4n) is 2.25. The molecule has 2 heterocycles. The molecule has 0 aliphatic rings. The van der Waals surface area contributed by atoms with Gasteiger partial charge in [-0.25, -0.2) is 13.8 Å². The maximum absolute atomic E-state index is 13.0. The van der Waals surface area contributed by atoms with Crippen LogP contribution in [0.15, 0.2) is 40.5 Å². The van der Waals surface area contributed by atoms with E-state index in [1.165, 1.54) is 33.9 Å². The maximum atomic E-state index is 13.0. The summed E-state index contributed by atoms with van der Waals surface area (Å²) in [6, 6.07) is 7.75. The first-order valence-corrected chi connectivity index (χ1v) is 8.00. The highest BCUT2D eigenvalue weighted by Crippen LogP contribution is 2.19. The van der Waals surface area contributed by atoms with Crippen molar-refractivity contribution in [2.45, 2.75) is 13.5 Å². The lowest BCUT2D eigenvalue weighted by Gasteiger charge is -2.22. The van der Waals surface area contributed by atoms with Crippen molar-refractivity contribution >= 4 is 33.6 Å². The molecule has 0 amide bonds. The lowest BCUT2D eigenvalue weighted by atomic mass is 10.2. The normalized spacial score (nSPS) is 11.0. The number of hydrogen-bond donors (Lipinski definition) is 0. The van der Waals surface area contributed by atoms with Crippen molar-refractivity contribution in [2.24, 2.45) is 0 Å². The molecule has 3 rings (SSSR count). The SMILES string of the molecule is CCN(Cc1cc(=O)n2c(Cl)csc2n1)c1ccc(F)cc1. The van der Waals surface area contributed by atoms with E-state index in [0.29, 0.717) is 22.4 Å². The fraction of sp³-hybridized carbons (Fsp3) is 0.200. The molecule has 0 unspecified atom stereocenters. The summed E-state index contributed by atoms with van der Waals surface area (Å²) >= 11 is 7.29. The third-order valence-corrected chi connectivity index (χ3v) is 4.58. The van der Waals surface area contributed by atoms with Crippen molar-refractivity contribution in [2.75, 3.05) is 11.4 Å². The number of rotatable bonds is 4. The van der Waals surface area contributed by atoms with Crippen molar-refractivity contribution < 1.29 is 4.39 Å². The predicted octanol–water partition coefficient (Wildman–Crippen LogP) is 3.58. The zero-order chi connectivity index (χ0) is 15.7. The maximum Gasteiger partial charge on any atom is 0.260 e. The first kappa shape index (κ1) is 15.0. The second kappa shape index (κ2) is 6.06. The average molecular weight is 338 g/mol. The number of benzene rings is 1. The summed E-state index contributed by atoms with van der Waals surface area (Å²) in [7, 11) is 0. The molecule has 22 heavy (non-hydrogen) atoms. The molecule has 0 atom stereocenters. The summed E-state index contributed by atoms with van der Waals surface area (Å²) in [5.41, 5.74) is 1.35. The van der Waals surface area contributed by atoms with E-state index in [2.05, 4.69) is 4.98 Å². The third-order valence-electron chi connectivity index (χ3n) is 3.34. The second-order valence-electron chi connectivity index (χ2n) is 4.75. The van der Waals surface area contributed by atoms with Gasteiger partial charge >= 0.3 is 0 Å². The van der Waals surface area contributed by atoms with E-state index >= 15 is 0 Å². The van der Waals surface area contributed by atoms with Crippen LogP contribution in [0.2, 0.25) is 5.15 Å². The lowest BCUT2D eigenvalue weighted by Crippen LogP contribution is -2.24. The molecular weight excluding hydrogens is 325 g/mol.